The summed E-state index contributed by atoms with van der Waals surface area (Å²) in [5.41, 5.74) is 26.0. The Morgan fingerprint density at radius 3 is 0.907 bits per heavy atom. The Kier molecular flexibility index (Phi) is 49.3. The summed E-state index contributed by atoms with van der Waals surface area (Å²) in [6.07, 6.45) is 5.65. The van der Waals surface area contributed by atoms with Crippen molar-refractivity contribution >= 4 is 34.1 Å². The van der Waals surface area contributed by atoms with Crippen molar-refractivity contribution in [2.75, 3.05) is 22.1 Å². The Morgan fingerprint density at radius 1 is 0.481 bits per heavy atom. The maximum Gasteiger partial charge on any atom is 0.269 e. The van der Waals surface area contributed by atoms with E-state index in [9.17, 15) is 20.2 Å². The molecule has 0 fully saturated rings. The average molecular weight is 741 g/mol. The molecule has 10 N–H and O–H groups in total. The molecule has 12 nitrogen and oxygen atoms in total. The lowest BCUT2D eigenvalue weighted by atomic mass is 10.2. The van der Waals surface area contributed by atoms with Crippen molar-refractivity contribution in [1.82, 2.24) is 0 Å². The van der Waals surface area contributed by atoms with Crippen molar-refractivity contribution in [1.29, 1.82) is 0 Å². The molecule has 0 amide bonds. The summed E-state index contributed by atoms with van der Waals surface area (Å²) < 4.78 is 0. The second-order valence-electron chi connectivity index (χ2n) is 8.60. The van der Waals surface area contributed by atoms with Gasteiger partial charge in [-0.3, -0.25) is 20.2 Å². The molecule has 4 aromatic carbocycles. The van der Waals surface area contributed by atoms with Crippen molar-refractivity contribution < 1.29 is 9.85 Å². The van der Waals surface area contributed by atoms with E-state index in [0.29, 0.717) is 0 Å². The van der Waals surface area contributed by atoms with Crippen LogP contribution in [-0.2, 0) is 0 Å². The number of nitro groups is 2. The molecule has 292 valence electrons. The van der Waals surface area contributed by atoms with Gasteiger partial charge < -0.3 is 33.6 Å². The van der Waals surface area contributed by atoms with Gasteiger partial charge in [0.05, 0.1) is 9.85 Å². The van der Waals surface area contributed by atoms with Gasteiger partial charge >= 0.3 is 0 Å². The van der Waals surface area contributed by atoms with E-state index in [1.165, 1.54) is 48.4 Å². The van der Waals surface area contributed by atoms with Crippen LogP contribution in [0.2, 0.25) is 0 Å². The van der Waals surface area contributed by atoms with E-state index in [0.717, 1.165) is 28.3 Å². The van der Waals surface area contributed by atoms with E-state index < -0.39 is 9.85 Å². The first-order valence-corrected chi connectivity index (χ1v) is 15.4. The molecule has 0 atom stereocenters. The van der Waals surface area contributed by atoms with Gasteiger partial charge in [0.15, 0.2) is 0 Å². The molecule has 0 unspecified atom stereocenters. The fourth-order valence-corrected chi connectivity index (χ4v) is 2.73. The van der Waals surface area contributed by atoms with Crippen LogP contribution in [0.5, 0.6) is 0 Å². The predicted octanol–water partition coefficient (Wildman–Crippen LogP) is 10.8. The highest BCUT2D eigenvalue weighted by Gasteiger charge is 2.02. The Labute approximate surface area is 322 Å². The lowest BCUT2D eigenvalue weighted by molar-refractivity contribution is -0.385. The quantitative estimate of drug-likeness (QED) is 0.0476. The number of hydrogen-bond acceptors (Lipinski definition) is 10. The van der Waals surface area contributed by atoms with Gasteiger partial charge in [0.1, 0.15) is 0 Å². The minimum absolute atomic E-state index is 0.0876. The first-order chi connectivity index (χ1) is 25.9. The lowest BCUT2D eigenvalue weighted by Crippen LogP contribution is -1.89. The van der Waals surface area contributed by atoms with Crippen molar-refractivity contribution in [3.63, 3.8) is 0 Å². The molecule has 54 heavy (non-hydrogen) atoms. The van der Waals surface area contributed by atoms with Crippen molar-refractivity contribution in [3.8, 4) is 0 Å². The molecule has 0 aliphatic carbocycles. The number of nitrogens with two attached hydrogens (primary N) is 4. The molecule has 0 aliphatic heterocycles. The molecule has 0 heterocycles. The monoisotopic (exact) mass is 740 g/mol. The van der Waals surface area contributed by atoms with Gasteiger partial charge in [-0.1, -0.05) is 61.7 Å². The van der Waals surface area contributed by atoms with Crippen molar-refractivity contribution in [2.45, 2.75) is 13.8 Å². The number of nitrogens with zero attached hydrogens (tertiary/aromatic N) is 2. The molecule has 4 rings (SSSR count). The molecular formula is C42H60N8O4. The smallest absolute Gasteiger partial charge is 0.269 e. The van der Waals surface area contributed by atoms with Crippen LogP contribution in [-0.4, -0.2) is 9.85 Å². The number of benzene rings is 4. The van der Waals surface area contributed by atoms with Crippen molar-refractivity contribution in [3.05, 3.63) is 232 Å². The third kappa shape index (κ3) is 38.8. The van der Waals surface area contributed by atoms with E-state index in [4.69, 9.17) is 11.5 Å². The summed E-state index contributed by atoms with van der Waals surface area (Å²) >= 11 is 0. The van der Waals surface area contributed by atoms with Crippen molar-refractivity contribution in [2.24, 2.45) is 11.5 Å². The minimum Gasteiger partial charge on any atom is -0.405 e. The third-order valence-electron chi connectivity index (χ3n) is 4.85. The highest BCUT2D eigenvalue weighted by Crippen LogP contribution is 2.15. The first kappa shape index (κ1) is 58.6. The van der Waals surface area contributed by atoms with Gasteiger partial charge in [-0.05, 0) is 87.2 Å². The minimum atomic E-state index is -0.433. The van der Waals surface area contributed by atoms with E-state index in [1.807, 2.05) is 62.4 Å². The standard InChI is InChI=1S/C8H8N2O2.C8H10N2.C7H7NO2.C7H9N.2C2H5N.4C2H4/c1-2-9-7-3-5-8(6-4-7)10(11)12;1-2-10-8-5-3-7(9)4-6-8;1-6-2-4-7(5-3-6)8(9)10;1-6-2-4-7(8)5-3-6;2*1-2-3;4*1-2/h2-6,9H,1H2;2-6,10H,1,9H2;2-5H,1H3;2-5H,8H2,1H3;2*2H,1,3H2;4*1-2H2. The van der Waals surface area contributed by atoms with Crippen LogP contribution in [0.15, 0.2) is 201 Å². The van der Waals surface area contributed by atoms with Crippen LogP contribution in [0, 0.1) is 34.1 Å². The summed E-state index contributed by atoms with van der Waals surface area (Å²) in [6.45, 7) is 41.2. The topological polar surface area (TPSA) is 214 Å². The number of aryl methyl sites for hydroxylation is 2. The van der Waals surface area contributed by atoms with Crippen LogP contribution < -0.4 is 33.6 Å². The Hall–Kier alpha value is -7.60. The molecule has 0 saturated heterocycles. The number of anilines is 4. The summed E-state index contributed by atoms with van der Waals surface area (Å²) in [5, 5.41) is 26.1. The Bertz CT molecular complexity index is 1480. The number of rotatable bonds is 6. The first-order valence-electron chi connectivity index (χ1n) is 15.4. The van der Waals surface area contributed by atoms with Gasteiger partial charge in [-0.2, -0.15) is 0 Å². The molecule has 0 aliphatic rings. The van der Waals surface area contributed by atoms with E-state index in [1.54, 1.807) is 30.5 Å². The van der Waals surface area contributed by atoms with Gasteiger partial charge in [0.2, 0.25) is 0 Å². The molecule has 4 aromatic rings. The number of non-ortho nitro benzene ring substituents is 2. The maximum absolute atomic E-state index is 10.2. The lowest BCUT2D eigenvalue weighted by Gasteiger charge is -1.98. The third-order valence-corrected chi connectivity index (χ3v) is 4.85. The fourth-order valence-electron chi connectivity index (χ4n) is 2.73. The molecule has 0 spiro atoms. The average Bonchev–Trinajstić information content (AvgIpc) is 3.19. The normalized spacial score (nSPS) is 7.44. The van der Waals surface area contributed by atoms with Crippen LogP contribution in [0.1, 0.15) is 11.1 Å². The Balaban J connectivity index is -0.000000128. The van der Waals surface area contributed by atoms with Gasteiger partial charge in [0, 0.05) is 47.0 Å². The second kappa shape index (κ2) is 45.4. The molecular weight excluding hydrogens is 681 g/mol. The van der Waals surface area contributed by atoms with Crippen LogP contribution in [0.25, 0.3) is 0 Å². The summed E-state index contributed by atoms with van der Waals surface area (Å²) in [5.74, 6) is 0. The SMILES string of the molecule is C=C.C=C.C=C.C=C.C=CN.C=CN.C=CNc1ccc(N)cc1.C=CNc1ccc([N+](=O)[O-])cc1.Cc1ccc(N)cc1.Cc1ccc([N+](=O)[O-])cc1. The second-order valence-corrected chi connectivity index (χ2v) is 8.60. The highest BCUT2D eigenvalue weighted by molar-refractivity contribution is 5.52. The maximum atomic E-state index is 10.2. The molecule has 12 heteroatoms. The predicted molar refractivity (Wildman–Crippen MR) is 239 cm³/mol. The van der Waals surface area contributed by atoms with Gasteiger partial charge in [0.25, 0.3) is 11.4 Å². The van der Waals surface area contributed by atoms with Crippen LogP contribution >= 0.6 is 0 Å². The Morgan fingerprint density at radius 2 is 0.685 bits per heavy atom. The summed E-state index contributed by atoms with van der Waals surface area (Å²) in [7, 11) is 0. The zero-order valence-corrected chi connectivity index (χ0v) is 31.9. The number of nitrogen functional groups attached to an aromatic ring is 2. The number of hydrogen-bond donors (Lipinski definition) is 6. The fraction of sp³-hybridized carbons (Fsp3) is 0.0476. The van der Waals surface area contributed by atoms with Crippen LogP contribution in [0.3, 0.4) is 0 Å². The van der Waals surface area contributed by atoms with E-state index in [-0.39, 0.29) is 11.4 Å². The van der Waals surface area contributed by atoms with Gasteiger partial charge in [-0.15, -0.1) is 52.6 Å². The van der Waals surface area contributed by atoms with E-state index in [2.05, 4.69) is 101 Å². The van der Waals surface area contributed by atoms with Gasteiger partial charge in [-0.25, -0.2) is 0 Å². The molecule has 0 bridgehead atoms. The zero-order valence-electron chi connectivity index (χ0n) is 31.9. The molecule has 0 aromatic heterocycles. The molecule has 0 saturated carbocycles. The molecule has 0 radical (unpaired) electrons. The van der Waals surface area contributed by atoms with E-state index >= 15 is 0 Å². The zero-order chi connectivity index (χ0) is 43.3. The number of nitrogens with one attached hydrogen (secondary N) is 2. The highest BCUT2D eigenvalue weighted by atomic mass is 16.6. The summed E-state index contributed by atoms with van der Waals surface area (Å²) in [6, 6.07) is 27.8. The number of nitro benzene ring substituents is 2. The van der Waals surface area contributed by atoms with Crippen LogP contribution in [0.4, 0.5) is 34.1 Å². The largest absolute Gasteiger partial charge is 0.405 e. The summed E-state index contributed by atoms with van der Waals surface area (Å²) in [4.78, 5) is 19.5.